The van der Waals surface area contributed by atoms with Crippen LogP contribution >= 0.6 is 11.8 Å². The topological polar surface area (TPSA) is 118 Å². The fourth-order valence-electron chi connectivity index (χ4n) is 3.19. The Morgan fingerprint density at radius 1 is 1.39 bits per heavy atom. The number of nitro groups is 1. The molecule has 2 heterocycles. The van der Waals surface area contributed by atoms with Gasteiger partial charge in [0.15, 0.2) is 5.12 Å². The minimum atomic E-state index is -0.480. The van der Waals surface area contributed by atoms with E-state index in [1.165, 1.54) is 30.8 Å². The predicted molar refractivity (Wildman–Crippen MR) is 103 cm³/mol. The Bertz CT molecular complexity index is 840. The Morgan fingerprint density at radius 2 is 2.14 bits per heavy atom. The normalized spacial score (nSPS) is 18.8. The lowest BCUT2D eigenvalue weighted by Crippen LogP contribution is -2.37. The van der Waals surface area contributed by atoms with E-state index < -0.39 is 11.0 Å². The second-order valence-corrected chi connectivity index (χ2v) is 7.97. The monoisotopic (exact) mass is 404 g/mol. The van der Waals surface area contributed by atoms with E-state index in [9.17, 15) is 19.7 Å². The molecule has 1 aliphatic rings. The molecule has 1 amide bonds. The number of amides is 1. The zero-order valence-electron chi connectivity index (χ0n) is 15.2. The first-order valence-electron chi connectivity index (χ1n) is 8.74. The van der Waals surface area contributed by atoms with Crippen LogP contribution in [-0.2, 0) is 22.6 Å². The fraction of sp³-hybridized carbons (Fsp3) is 0.389. The van der Waals surface area contributed by atoms with E-state index in [1.54, 1.807) is 29.4 Å². The van der Waals surface area contributed by atoms with Crippen molar-refractivity contribution >= 4 is 28.7 Å². The van der Waals surface area contributed by atoms with Gasteiger partial charge in [-0.3, -0.25) is 14.9 Å². The van der Waals surface area contributed by atoms with Crippen molar-refractivity contribution in [3.05, 3.63) is 58.2 Å². The van der Waals surface area contributed by atoms with Gasteiger partial charge in [0, 0.05) is 55.7 Å². The number of carbonyl (C=O) groups is 2. The number of benzene rings is 1. The van der Waals surface area contributed by atoms with E-state index in [1.807, 2.05) is 0 Å². The largest absolute Gasteiger partial charge is 0.445 e. The van der Waals surface area contributed by atoms with Gasteiger partial charge in [-0.25, -0.2) is 9.78 Å². The van der Waals surface area contributed by atoms with Gasteiger partial charge in [0.2, 0.25) is 0 Å². The Morgan fingerprint density at radius 3 is 2.75 bits per heavy atom. The summed E-state index contributed by atoms with van der Waals surface area (Å²) >= 11 is 1.24. The van der Waals surface area contributed by atoms with Crippen LogP contribution in [-0.4, -0.2) is 48.8 Å². The summed E-state index contributed by atoms with van der Waals surface area (Å²) in [7, 11) is 0. The number of nitrogens with one attached hydrogen (secondary N) is 1. The molecule has 0 unspecified atom stereocenters. The van der Waals surface area contributed by atoms with Gasteiger partial charge in [-0.2, -0.15) is 0 Å². The van der Waals surface area contributed by atoms with Crippen molar-refractivity contribution in [3.63, 3.8) is 0 Å². The highest BCUT2D eigenvalue weighted by molar-refractivity contribution is 8.14. The lowest BCUT2D eigenvalue weighted by Gasteiger charge is -2.23. The number of ether oxygens (including phenoxy) is 1. The van der Waals surface area contributed by atoms with Gasteiger partial charge < -0.3 is 14.6 Å². The van der Waals surface area contributed by atoms with Gasteiger partial charge in [-0.05, 0) is 24.1 Å². The van der Waals surface area contributed by atoms with Crippen molar-refractivity contribution in [2.75, 3.05) is 6.54 Å². The number of hydrogen-bond donors (Lipinski definition) is 1. The second kappa shape index (κ2) is 8.87. The van der Waals surface area contributed by atoms with Gasteiger partial charge in [0.05, 0.1) is 4.92 Å². The maximum atomic E-state index is 12.6. The van der Waals surface area contributed by atoms with Crippen molar-refractivity contribution in [2.24, 2.45) is 0 Å². The molecule has 1 N–H and O–H groups in total. The number of hydrogen-bond acceptors (Lipinski definition) is 7. The Hall–Kier alpha value is -2.88. The number of nitro benzene ring substituents is 1. The summed E-state index contributed by atoms with van der Waals surface area (Å²) in [4.78, 5) is 43.2. The number of aromatic nitrogens is 2. The molecule has 1 fully saturated rings. The second-order valence-electron chi connectivity index (χ2n) is 6.49. The number of H-pyrrole nitrogens is 1. The van der Waals surface area contributed by atoms with Crippen LogP contribution in [0.15, 0.2) is 36.7 Å². The highest BCUT2D eigenvalue weighted by atomic mass is 32.2. The third kappa shape index (κ3) is 5.10. The van der Waals surface area contributed by atoms with Crippen LogP contribution < -0.4 is 0 Å². The Kier molecular flexibility index (Phi) is 6.30. The molecule has 148 valence electrons. The average molecular weight is 404 g/mol. The molecule has 28 heavy (non-hydrogen) atoms. The Labute approximate surface area is 165 Å². The summed E-state index contributed by atoms with van der Waals surface area (Å²) in [5.74, 6) is 0.770. The molecule has 2 atom stereocenters. The zero-order chi connectivity index (χ0) is 20.1. The van der Waals surface area contributed by atoms with Crippen LogP contribution in [0.3, 0.4) is 0 Å². The van der Waals surface area contributed by atoms with Gasteiger partial charge in [0.1, 0.15) is 12.4 Å². The maximum absolute atomic E-state index is 12.6. The molecule has 0 bridgehead atoms. The van der Waals surface area contributed by atoms with E-state index in [0.717, 1.165) is 5.82 Å². The highest BCUT2D eigenvalue weighted by Crippen LogP contribution is 2.30. The van der Waals surface area contributed by atoms with Crippen LogP contribution in [0.2, 0.25) is 0 Å². The molecule has 2 aromatic rings. The third-order valence-corrected chi connectivity index (χ3v) is 5.44. The average Bonchev–Trinajstić information content (AvgIpc) is 3.30. The summed E-state index contributed by atoms with van der Waals surface area (Å²) in [6.45, 7) is 1.96. The number of rotatable bonds is 6. The number of nitrogens with zero attached hydrogens (tertiary/aromatic N) is 3. The quantitative estimate of drug-likeness (QED) is 0.581. The molecule has 0 radical (unpaired) electrons. The lowest BCUT2D eigenvalue weighted by atomic mass is 10.1. The minimum absolute atomic E-state index is 0.0165. The zero-order valence-corrected chi connectivity index (χ0v) is 16.1. The van der Waals surface area contributed by atoms with Crippen molar-refractivity contribution < 1.29 is 19.2 Å². The van der Waals surface area contributed by atoms with Gasteiger partial charge in [-0.1, -0.05) is 11.8 Å². The Balaban J connectivity index is 1.62. The molecule has 9 nitrogen and oxygen atoms in total. The molecule has 1 aromatic carbocycles. The van der Waals surface area contributed by atoms with Gasteiger partial charge in [0.25, 0.3) is 5.69 Å². The first-order chi connectivity index (χ1) is 13.4. The maximum Gasteiger partial charge on any atom is 0.410 e. The van der Waals surface area contributed by atoms with E-state index in [2.05, 4.69) is 9.97 Å². The number of thioether (sulfide) groups is 1. The first kappa shape index (κ1) is 19.9. The molecule has 1 aliphatic heterocycles. The minimum Gasteiger partial charge on any atom is -0.445 e. The van der Waals surface area contributed by atoms with Crippen LogP contribution in [0.5, 0.6) is 0 Å². The summed E-state index contributed by atoms with van der Waals surface area (Å²) < 4.78 is 5.41. The van der Waals surface area contributed by atoms with Gasteiger partial charge in [-0.15, -0.1) is 0 Å². The smallest absolute Gasteiger partial charge is 0.410 e. The third-order valence-electron chi connectivity index (χ3n) is 4.44. The molecule has 1 saturated heterocycles. The summed E-state index contributed by atoms with van der Waals surface area (Å²) in [5, 5.41) is 10.7. The number of likely N-dealkylation sites (tertiary alicyclic amines) is 1. The number of imidazole rings is 1. The molecule has 0 aliphatic carbocycles. The summed E-state index contributed by atoms with van der Waals surface area (Å²) in [6.07, 6.45) is 4.14. The van der Waals surface area contributed by atoms with E-state index >= 15 is 0 Å². The number of aromatic amines is 1. The van der Waals surface area contributed by atoms with Crippen LogP contribution in [0.25, 0.3) is 0 Å². The molecule has 0 spiro atoms. The fourth-order valence-corrected chi connectivity index (χ4v) is 4.21. The van der Waals surface area contributed by atoms with Crippen molar-refractivity contribution in [3.8, 4) is 0 Å². The standard InChI is InChI=1S/C18H20N4O5S/c1-12(23)28-16-8-15(9-17-19-6-7-20-17)21(10-16)18(24)27-11-13-2-4-14(5-3-13)22(25)26/h2-7,15-16H,8-11H2,1H3,(H,19,20)/t15-,16+/m1/s1. The number of carbonyl (C=O) groups excluding carboxylic acids is 2. The van der Waals surface area contributed by atoms with E-state index in [4.69, 9.17) is 4.74 Å². The number of non-ortho nitro benzene ring substituents is 1. The predicted octanol–water partition coefficient (Wildman–Crippen LogP) is 2.92. The molecular formula is C18H20N4O5S. The van der Waals surface area contributed by atoms with Crippen molar-refractivity contribution in [1.29, 1.82) is 0 Å². The molecule has 0 saturated carbocycles. The van der Waals surface area contributed by atoms with Gasteiger partial charge >= 0.3 is 6.09 Å². The van der Waals surface area contributed by atoms with Crippen LogP contribution in [0.1, 0.15) is 24.7 Å². The van der Waals surface area contributed by atoms with E-state index in [-0.39, 0.29) is 28.7 Å². The SMILES string of the molecule is CC(=O)S[C@H]1C[C@H](Cc2ncc[nH]2)N(C(=O)OCc2ccc([N+](=O)[O-])cc2)C1. The van der Waals surface area contributed by atoms with Crippen molar-refractivity contribution in [2.45, 2.75) is 37.7 Å². The lowest BCUT2D eigenvalue weighted by molar-refractivity contribution is -0.384. The van der Waals surface area contributed by atoms with Crippen molar-refractivity contribution in [1.82, 2.24) is 14.9 Å². The van der Waals surface area contributed by atoms with E-state index in [0.29, 0.717) is 24.9 Å². The summed E-state index contributed by atoms with van der Waals surface area (Å²) in [5.41, 5.74) is 0.646. The highest BCUT2D eigenvalue weighted by Gasteiger charge is 2.37. The molecule has 10 heteroatoms. The first-order valence-corrected chi connectivity index (χ1v) is 9.62. The summed E-state index contributed by atoms with van der Waals surface area (Å²) in [6, 6.07) is 5.75. The molecule has 1 aromatic heterocycles. The molecular weight excluding hydrogens is 384 g/mol. The van der Waals surface area contributed by atoms with Crippen LogP contribution in [0, 0.1) is 10.1 Å². The van der Waals surface area contributed by atoms with Crippen LogP contribution in [0.4, 0.5) is 10.5 Å². The molecule has 3 rings (SSSR count).